The molecule has 0 radical (unpaired) electrons. The fourth-order valence-corrected chi connectivity index (χ4v) is 6.99. The highest BCUT2D eigenvalue weighted by Crippen LogP contribution is 2.44. The molecule has 5 heterocycles. The molecule has 42 heavy (non-hydrogen) atoms. The smallest absolute Gasteiger partial charge is 0.106 e. The predicted octanol–water partition coefficient (Wildman–Crippen LogP) is 8.42. The molecule has 6 heteroatoms. The monoisotopic (exact) mass is 564 g/mol. The number of allylic oxidation sites excluding steroid dienone is 11. The van der Waals surface area contributed by atoms with Crippen LogP contribution in [0.15, 0.2) is 106 Å². The number of hydrogen-bond acceptors (Lipinski definition) is 6. The van der Waals surface area contributed by atoms with Crippen LogP contribution in [-0.2, 0) is 4.74 Å². The van der Waals surface area contributed by atoms with Gasteiger partial charge < -0.3 is 15.2 Å². The van der Waals surface area contributed by atoms with E-state index in [4.69, 9.17) is 19.7 Å². The lowest BCUT2D eigenvalue weighted by Gasteiger charge is -2.17. The molecule has 1 aliphatic carbocycles. The van der Waals surface area contributed by atoms with Gasteiger partial charge in [0, 0.05) is 47.1 Å². The van der Waals surface area contributed by atoms with Gasteiger partial charge in [-0.05, 0) is 87.5 Å². The SMILES string of the molecule is CCCCCCOC(C)C1=C(C)C2=NC1=CC1=NC(=CC3=C(C)C4=C(O)CC(=C5CC(C)C(=C2)N5)C4=N3)C(CC)=C1C. The van der Waals surface area contributed by atoms with Crippen LogP contribution in [0.3, 0.4) is 0 Å². The third kappa shape index (κ3) is 4.84. The minimum Gasteiger partial charge on any atom is -0.511 e. The van der Waals surface area contributed by atoms with Crippen molar-refractivity contribution >= 4 is 17.1 Å². The van der Waals surface area contributed by atoms with Gasteiger partial charge in [-0.3, -0.25) is 0 Å². The summed E-state index contributed by atoms with van der Waals surface area (Å²) >= 11 is 0. The molecule has 0 saturated carbocycles. The van der Waals surface area contributed by atoms with Crippen LogP contribution < -0.4 is 5.32 Å². The molecule has 1 saturated heterocycles. The molecule has 6 rings (SSSR count). The van der Waals surface area contributed by atoms with Gasteiger partial charge in [-0.15, -0.1) is 0 Å². The lowest BCUT2D eigenvalue weighted by Crippen LogP contribution is -2.15. The molecule has 5 aliphatic heterocycles. The van der Waals surface area contributed by atoms with E-state index in [1.165, 1.54) is 30.4 Å². The van der Waals surface area contributed by atoms with E-state index in [-0.39, 0.29) is 6.10 Å². The summed E-state index contributed by atoms with van der Waals surface area (Å²) in [5, 5.41) is 14.8. The number of aliphatic hydroxyl groups excluding tert-OH is 1. The summed E-state index contributed by atoms with van der Waals surface area (Å²) in [6, 6.07) is 0. The Morgan fingerprint density at radius 2 is 1.71 bits per heavy atom. The average molecular weight is 565 g/mol. The molecule has 0 aromatic heterocycles. The Hall–Kier alpha value is -3.51. The summed E-state index contributed by atoms with van der Waals surface area (Å²) < 4.78 is 6.41. The first-order valence-corrected chi connectivity index (χ1v) is 15.8. The number of aliphatic hydroxyl groups is 1. The van der Waals surface area contributed by atoms with Crippen LogP contribution in [0.25, 0.3) is 0 Å². The van der Waals surface area contributed by atoms with Crippen molar-refractivity contribution in [2.75, 3.05) is 6.61 Å². The molecule has 8 bridgehead atoms. The molecule has 2 unspecified atom stereocenters. The van der Waals surface area contributed by atoms with E-state index in [0.717, 1.165) is 99.4 Å². The third-order valence-corrected chi connectivity index (χ3v) is 9.50. The van der Waals surface area contributed by atoms with Gasteiger partial charge >= 0.3 is 0 Å². The van der Waals surface area contributed by atoms with Crippen LogP contribution >= 0.6 is 0 Å². The van der Waals surface area contributed by atoms with Crippen LogP contribution in [0.2, 0.25) is 0 Å². The zero-order valence-corrected chi connectivity index (χ0v) is 26.2. The zero-order chi connectivity index (χ0) is 29.7. The first-order valence-electron chi connectivity index (χ1n) is 15.8. The summed E-state index contributed by atoms with van der Waals surface area (Å²) in [6.45, 7) is 16.0. The lowest BCUT2D eigenvalue weighted by molar-refractivity contribution is 0.0876. The Labute approximate surface area is 250 Å². The Morgan fingerprint density at radius 3 is 2.48 bits per heavy atom. The number of hydrogen-bond donors (Lipinski definition) is 2. The van der Waals surface area contributed by atoms with Crippen molar-refractivity contribution in [3.05, 3.63) is 91.5 Å². The van der Waals surface area contributed by atoms with Gasteiger partial charge in [0.2, 0.25) is 0 Å². The molecule has 0 aromatic rings. The van der Waals surface area contributed by atoms with Crippen LogP contribution in [0.5, 0.6) is 0 Å². The molecule has 0 spiro atoms. The number of nitrogens with one attached hydrogen (secondary N) is 1. The number of rotatable bonds is 8. The number of unbranched alkanes of at least 4 members (excludes halogenated alkanes) is 3. The molecule has 0 amide bonds. The molecule has 0 aromatic carbocycles. The van der Waals surface area contributed by atoms with E-state index in [9.17, 15) is 5.11 Å². The Morgan fingerprint density at radius 1 is 0.952 bits per heavy atom. The van der Waals surface area contributed by atoms with E-state index >= 15 is 0 Å². The maximum atomic E-state index is 11.0. The minimum absolute atomic E-state index is 0.0668. The number of ether oxygens (including phenoxy) is 1. The topological polar surface area (TPSA) is 78.6 Å². The second-order valence-electron chi connectivity index (χ2n) is 12.4. The third-order valence-electron chi connectivity index (χ3n) is 9.50. The number of aliphatic imine (C=N–C) groups is 3. The summed E-state index contributed by atoms with van der Waals surface area (Å²) in [5.41, 5.74) is 15.6. The van der Waals surface area contributed by atoms with E-state index in [1.807, 2.05) is 0 Å². The van der Waals surface area contributed by atoms with Gasteiger partial charge in [-0.1, -0.05) is 40.0 Å². The molecular formula is C36H44N4O2. The van der Waals surface area contributed by atoms with Gasteiger partial charge in [-0.2, -0.15) is 0 Å². The quantitative estimate of drug-likeness (QED) is 0.291. The van der Waals surface area contributed by atoms with E-state index in [1.54, 1.807) is 0 Å². The van der Waals surface area contributed by atoms with Crippen LogP contribution in [0.1, 0.15) is 93.4 Å². The summed E-state index contributed by atoms with van der Waals surface area (Å²) in [6.07, 6.45) is 13.4. The van der Waals surface area contributed by atoms with Crippen molar-refractivity contribution in [3.63, 3.8) is 0 Å². The Balaban J connectivity index is 1.48. The highest BCUT2D eigenvalue weighted by Gasteiger charge is 2.37. The Kier molecular flexibility index (Phi) is 7.69. The molecule has 6 nitrogen and oxygen atoms in total. The van der Waals surface area contributed by atoms with Crippen LogP contribution in [0, 0.1) is 5.92 Å². The minimum atomic E-state index is -0.0668. The van der Waals surface area contributed by atoms with Crippen LogP contribution in [-0.4, -0.2) is 35.0 Å². The largest absolute Gasteiger partial charge is 0.511 e. The van der Waals surface area contributed by atoms with Crippen molar-refractivity contribution in [1.29, 1.82) is 0 Å². The van der Waals surface area contributed by atoms with Gasteiger partial charge in [-0.25, -0.2) is 15.0 Å². The molecular weight excluding hydrogens is 520 g/mol. The molecule has 2 N–H and O–H groups in total. The average Bonchev–Trinajstić information content (AvgIpc) is 3.72. The maximum Gasteiger partial charge on any atom is 0.106 e. The van der Waals surface area contributed by atoms with Gasteiger partial charge in [0.15, 0.2) is 0 Å². The zero-order valence-electron chi connectivity index (χ0n) is 26.2. The molecule has 2 atom stereocenters. The predicted molar refractivity (Wildman–Crippen MR) is 173 cm³/mol. The summed E-state index contributed by atoms with van der Waals surface area (Å²) in [4.78, 5) is 15.4. The van der Waals surface area contributed by atoms with Gasteiger partial charge in [0.25, 0.3) is 0 Å². The highest BCUT2D eigenvalue weighted by atomic mass is 16.5. The molecule has 220 valence electrons. The fraction of sp³-hybridized carbons (Fsp3) is 0.472. The van der Waals surface area contributed by atoms with Crippen molar-refractivity contribution in [2.45, 2.75) is 99.5 Å². The lowest BCUT2D eigenvalue weighted by atomic mass is 9.97. The van der Waals surface area contributed by atoms with E-state index in [0.29, 0.717) is 18.1 Å². The summed E-state index contributed by atoms with van der Waals surface area (Å²) in [5.74, 6) is 0.719. The normalized spacial score (nSPS) is 23.9. The van der Waals surface area contributed by atoms with Crippen LogP contribution in [0.4, 0.5) is 0 Å². The number of nitrogens with zero attached hydrogens (tertiary/aromatic N) is 3. The van der Waals surface area contributed by atoms with Gasteiger partial charge in [0.05, 0.1) is 40.3 Å². The summed E-state index contributed by atoms with van der Waals surface area (Å²) in [7, 11) is 0. The van der Waals surface area contributed by atoms with Crippen molar-refractivity contribution in [2.24, 2.45) is 20.9 Å². The Bertz CT molecular complexity index is 1600. The van der Waals surface area contributed by atoms with Crippen molar-refractivity contribution in [3.8, 4) is 0 Å². The first-order chi connectivity index (χ1) is 20.2. The molecule has 6 aliphatic rings. The number of fused-ring (bicyclic) bond motifs is 5. The maximum absolute atomic E-state index is 11.0. The van der Waals surface area contributed by atoms with E-state index in [2.05, 4.69) is 72.0 Å². The molecule has 1 fully saturated rings. The van der Waals surface area contributed by atoms with Crippen molar-refractivity contribution < 1.29 is 9.84 Å². The van der Waals surface area contributed by atoms with Gasteiger partial charge in [0.1, 0.15) is 5.76 Å². The standard InChI is InChI=1S/C36H44N4O2/c1-8-10-11-12-13-42-23(7)34-21(5)28-16-26-19(3)14-30(37-26)25-15-33(41)35-22(6)29(40-36(25)35)17-31-24(9-2)20(4)27(38-31)18-32(34)39-28/h16-19,23,37,41H,8-15H2,1-7H3. The van der Waals surface area contributed by atoms with Crippen molar-refractivity contribution in [1.82, 2.24) is 5.32 Å². The van der Waals surface area contributed by atoms with E-state index < -0.39 is 0 Å². The highest BCUT2D eigenvalue weighted by molar-refractivity contribution is 6.21. The second-order valence-corrected chi connectivity index (χ2v) is 12.4. The second kappa shape index (κ2) is 11.3. The first kappa shape index (κ1) is 28.6. The fourth-order valence-electron chi connectivity index (χ4n) is 6.99.